The lowest BCUT2D eigenvalue weighted by Crippen LogP contribution is -2.63. The summed E-state index contributed by atoms with van der Waals surface area (Å²) >= 11 is 0. The van der Waals surface area contributed by atoms with Gasteiger partial charge in [-0.2, -0.15) is 0 Å². The lowest BCUT2D eigenvalue weighted by molar-refractivity contribution is 0.0794. The normalized spacial score (nSPS) is 30.1. The first-order chi connectivity index (χ1) is 9.17. The van der Waals surface area contributed by atoms with Crippen molar-refractivity contribution in [3.63, 3.8) is 0 Å². The molecule has 0 spiro atoms. The summed E-state index contributed by atoms with van der Waals surface area (Å²) in [6.07, 6.45) is 3.18. The second-order valence-corrected chi connectivity index (χ2v) is 7.69. The summed E-state index contributed by atoms with van der Waals surface area (Å²) in [7, 11) is 0. The lowest BCUT2D eigenvalue weighted by Gasteiger charge is -2.47. The Hall–Kier alpha value is -0.810. The minimum Gasteiger partial charge on any atom is -0.391 e. The maximum Gasteiger partial charge on any atom is 0.317 e. The maximum absolute atomic E-state index is 12.3. The third kappa shape index (κ3) is 4.09. The predicted molar refractivity (Wildman–Crippen MR) is 79.7 cm³/mol. The number of aliphatic hydroxyl groups is 1. The Balaban J connectivity index is 1.93. The molecule has 3 N–H and O–H groups in total. The second-order valence-electron chi connectivity index (χ2n) is 7.69. The fraction of sp³-hybridized carbons (Fsp3) is 0.933. The number of β-amino-alcohol motifs (C(OH)–C–C–N with tert-alkyl or cyclic N) is 1. The van der Waals surface area contributed by atoms with Gasteiger partial charge in [0.05, 0.1) is 6.10 Å². The van der Waals surface area contributed by atoms with Crippen LogP contribution in [0.2, 0.25) is 0 Å². The Morgan fingerprint density at radius 1 is 1.25 bits per heavy atom. The van der Waals surface area contributed by atoms with Crippen LogP contribution in [0.1, 0.15) is 53.4 Å². The smallest absolute Gasteiger partial charge is 0.317 e. The number of carbonyl (C=O) groups excluding carboxylic acids is 1. The first kappa shape index (κ1) is 15.6. The zero-order valence-corrected chi connectivity index (χ0v) is 13.2. The molecule has 2 aliphatic rings. The molecule has 2 amide bonds. The number of hydrogen-bond donors (Lipinski definition) is 3. The molecule has 20 heavy (non-hydrogen) atoms. The fourth-order valence-corrected chi connectivity index (χ4v) is 3.83. The molecular weight excluding hydrogens is 254 g/mol. The van der Waals surface area contributed by atoms with Gasteiger partial charge in [0.25, 0.3) is 0 Å². The van der Waals surface area contributed by atoms with Gasteiger partial charge in [-0.25, -0.2) is 4.79 Å². The van der Waals surface area contributed by atoms with E-state index in [-0.39, 0.29) is 29.3 Å². The highest BCUT2D eigenvalue weighted by molar-refractivity contribution is 5.74. The number of amides is 2. The van der Waals surface area contributed by atoms with E-state index < -0.39 is 0 Å². The maximum atomic E-state index is 12.3. The number of hydrogen-bond acceptors (Lipinski definition) is 3. The average molecular weight is 283 g/mol. The van der Waals surface area contributed by atoms with Gasteiger partial charge in [-0.15, -0.1) is 0 Å². The minimum atomic E-state index is -0.365. The van der Waals surface area contributed by atoms with Crippen molar-refractivity contribution in [3.8, 4) is 0 Å². The Labute approximate surface area is 122 Å². The van der Waals surface area contributed by atoms with Crippen LogP contribution in [0.5, 0.6) is 0 Å². The van der Waals surface area contributed by atoms with Gasteiger partial charge in [0.2, 0.25) is 0 Å². The van der Waals surface area contributed by atoms with Gasteiger partial charge >= 0.3 is 6.03 Å². The van der Waals surface area contributed by atoms with Gasteiger partial charge in [-0.1, -0.05) is 0 Å². The highest BCUT2D eigenvalue weighted by Gasteiger charge is 2.38. The number of piperidine rings is 2. The summed E-state index contributed by atoms with van der Waals surface area (Å²) in [6.45, 7) is 9.93. The van der Waals surface area contributed by atoms with Gasteiger partial charge in [-0.05, 0) is 53.4 Å². The van der Waals surface area contributed by atoms with Crippen LogP contribution in [-0.2, 0) is 0 Å². The number of carbonyl (C=O) groups is 1. The van der Waals surface area contributed by atoms with Gasteiger partial charge < -0.3 is 20.6 Å². The Morgan fingerprint density at radius 3 is 2.40 bits per heavy atom. The molecule has 0 aromatic carbocycles. The van der Waals surface area contributed by atoms with E-state index in [4.69, 9.17) is 0 Å². The molecular formula is C15H29N3O2. The van der Waals surface area contributed by atoms with E-state index in [0.29, 0.717) is 6.54 Å². The molecule has 0 saturated carbocycles. The molecule has 2 saturated heterocycles. The summed E-state index contributed by atoms with van der Waals surface area (Å²) in [5, 5.41) is 16.4. The quantitative estimate of drug-likeness (QED) is 0.682. The SMILES string of the molecule is CC1(C)CC(NC(=O)N2CCCC(O)C2)CC(C)(C)N1. The summed E-state index contributed by atoms with van der Waals surface area (Å²) in [5.41, 5.74) is 0.0578. The molecule has 5 nitrogen and oxygen atoms in total. The number of urea groups is 1. The van der Waals surface area contributed by atoms with Crippen LogP contribution in [0, 0.1) is 0 Å². The highest BCUT2D eigenvalue weighted by atomic mass is 16.3. The summed E-state index contributed by atoms with van der Waals surface area (Å²) in [4.78, 5) is 14.1. The minimum absolute atomic E-state index is 0.0257. The molecule has 0 aliphatic carbocycles. The standard InChI is InChI=1S/C15H29N3O2/c1-14(2)8-11(9-15(3,4)17-14)16-13(20)18-7-5-6-12(19)10-18/h11-12,17,19H,5-10H2,1-4H3,(H,16,20). The van der Waals surface area contributed by atoms with Crippen molar-refractivity contribution in [1.82, 2.24) is 15.5 Å². The third-order valence-corrected chi connectivity index (χ3v) is 4.20. The van der Waals surface area contributed by atoms with Crippen LogP contribution in [-0.4, -0.2) is 52.4 Å². The van der Waals surface area contributed by atoms with Crippen molar-refractivity contribution < 1.29 is 9.90 Å². The topological polar surface area (TPSA) is 64.6 Å². The average Bonchev–Trinajstić information content (AvgIpc) is 2.24. The van der Waals surface area contributed by atoms with Gasteiger partial charge in [0, 0.05) is 30.2 Å². The molecule has 2 fully saturated rings. The number of nitrogens with one attached hydrogen (secondary N) is 2. The molecule has 0 bridgehead atoms. The molecule has 2 rings (SSSR count). The van der Waals surface area contributed by atoms with Crippen LogP contribution in [0.25, 0.3) is 0 Å². The summed E-state index contributed by atoms with van der Waals surface area (Å²) < 4.78 is 0. The van der Waals surface area contributed by atoms with Crippen LogP contribution >= 0.6 is 0 Å². The largest absolute Gasteiger partial charge is 0.391 e. The van der Waals surface area contributed by atoms with Gasteiger partial charge in [0.1, 0.15) is 0 Å². The first-order valence-electron chi connectivity index (χ1n) is 7.70. The Morgan fingerprint density at radius 2 is 1.85 bits per heavy atom. The van der Waals surface area contributed by atoms with Crippen LogP contribution < -0.4 is 10.6 Å². The number of likely N-dealkylation sites (tertiary alicyclic amines) is 1. The second kappa shape index (κ2) is 5.53. The van der Waals surface area contributed by atoms with Crippen molar-refractivity contribution in [3.05, 3.63) is 0 Å². The molecule has 0 radical (unpaired) electrons. The van der Waals surface area contributed by atoms with E-state index >= 15 is 0 Å². The Bertz CT molecular complexity index is 352. The number of rotatable bonds is 1. The zero-order chi connectivity index (χ0) is 15.0. The van der Waals surface area contributed by atoms with E-state index in [1.807, 2.05) is 0 Å². The fourth-order valence-electron chi connectivity index (χ4n) is 3.83. The van der Waals surface area contributed by atoms with E-state index in [2.05, 4.69) is 38.3 Å². The van der Waals surface area contributed by atoms with Crippen LogP contribution in [0.15, 0.2) is 0 Å². The van der Waals surface area contributed by atoms with Gasteiger partial charge in [-0.3, -0.25) is 0 Å². The van der Waals surface area contributed by atoms with Crippen molar-refractivity contribution in [1.29, 1.82) is 0 Å². The zero-order valence-electron chi connectivity index (χ0n) is 13.2. The molecule has 116 valence electrons. The highest BCUT2D eigenvalue weighted by Crippen LogP contribution is 2.28. The van der Waals surface area contributed by atoms with Crippen molar-refractivity contribution in [2.24, 2.45) is 0 Å². The van der Waals surface area contributed by atoms with Crippen molar-refractivity contribution in [2.45, 2.75) is 76.6 Å². The third-order valence-electron chi connectivity index (χ3n) is 4.20. The van der Waals surface area contributed by atoms with E-state index in [1.165, 1.54) is 0 Å². The van der Waals surface area contributed by atoms with Crippen LogP contribution in [0.4, 0.5) is 4.79 Å². The molecule has 1 unspecified atom stereocenters. The molecule has 2 aliphatic heterocycles. The molecule has 5 heteroatoms. The summed E-state index contributed by atoms with van der Waals surface area (Å²) in [6, 6.07) is 0.162. The molecule has 0 aromatic rings. The van der Waals surface area contributed by atoms with Crippen molar-refractivity contribution in [2.75, 3.05) is 13.1 Å². The van der Waals surface area contributed by atoms with Crippen molar-refractivity contribution >= 4 is 6.03 Å². The van der Waals surface area contributed by atoms with Gasteiger partial charge in [0.15, 0.2) is 0 Å². The first-order valence-corrected chi connectivity index (χ1v) is 7.70. The molecule has 1 atom stereocenters. The van der Waals surface area contributed by atoms with E-state index in [9.17, 15) is 9.90 Å². The van der Waals surface area contributed by atoms with E-state index in [0.717, 1.165) is 32.2 Å². The molecule has 0 aromatic heterocycles. The lowest BCUT2D eigenvalue weighted by atomic mass is 9.79. The predicted octanol–water partition coefficient (Wildman–Crippen LogP) is 1.46. The van der Waals surface area contributed by atoms with E-state index in [1.54, 1.807) is 4.90 Å². The molecule has 2 heterocycles. The number of aliphatic hydroxyl groups excluding tert-OH is 1. The monoisotopic (exact) mass is 283 g/mol. The summed E-state index contributed by atoms with van der Waals surface area (Å²) in [5.74, 6) is 0. The Kier molecular flexibility index (Phi) is 4.30. The van der Waals surface area contributed by atoms with Crippen LogP contribution in [0.3, 0.4) is 0 Å². The number of nitrogens with zero attached hydrogens (tertiary/aromatic N) is 1.